The number of benzene rings is 1. The Morgan fingerprint density at radius 1 is 1.24 bits per heavy atom. The second-order valence-corrected chi connectivity index (χ2v) is 5.41. The number of esters is 1. The molecule has 1 unspecified atom stereocenters. The molecule has 1 amide bonds. The van der Waals surface area contributed by atoms with Crippen LogP contribution in [0, 0.1) is 0 Å². The van der Waals surface area contributed by atoms with Crippen molar-refractivity contribution in [2.24, 2.45) is 0 Å². The number of carbonyl (C=O) groups is 2. The summed E-state index contributed by atoms with van der Waals surface area (Å²) in [5.74, 6) is -1.27. The van der Waals surface area contributed by atoms with E-state index in [-0.39, 0.29) is 26.7 Å². The highest BCUT2D eigenvalue weighted by atomic mass is 35.5. The Kier molecular flexibility index (Phi) is 7.25. The minimum Gasteiger partial charge on any atom is -0.452 e. The molecule has 0 aliphatic carbocycles. The lowest BCUT2D eigenvalue weighted by molar-refractivity contribution is -0.125. The van der Waals surface area contributed by atoms with Gasteiger partial charge in [0.25, 0.3) is 5.91 Å². The quantitative estimate of drug-likeness (QED) is 0.630. The second kappa shape index (κ2) is 8.44. The van der Waals surface area contributed by atoms with Gasteiger partial charge in [0, 0.05) is 13.2 Å². The van der Waals surface area contributed by atoms with Gasteiger partial charge in [0.05, 0.1) is 27.2 Å². The van der Waals surface area contributed by atoms with Gasteiger partial charge in [-0.15, -0.1) is 0 Å². The molecule has 1 atom stereocenters. The monoisotopic (exact) mass is 353 g/mol. The van der Waals surface area contributed by atoms with Crippen molar-refractivity contribution in [1.82, 2.24) is 5.32 Å². The van der Waals surface area contributed by atoms with Crippen molar-refractivity contribution in [3.05, 3.63) is 32.8 Å². The van der Waals surface area contributed by atoms with Gasteiger partial charge < -0.3 is 14.8 Å². The van der Waals surface area contributed by atoms with E-state index in [1.165, 1.54) is 19.2 Å². The van der Waals surface area contributed by atoms with E-state index in [2.05, 4.69) is 5.32 Å². The number of hydrogen-bond donors (Lipinski definition) is 1. The van der Waals surface area contributed by atoms with Crippen LogP contribution in [-0.2, 0) is 14.3 Å². The summed E-state index contributed by atoms with van der Waals surface area (Å²) in [5.41, 5.74) is -0.0661. The molecule has 8 heteroatoms. The molecular weight excluding hydrogens is 341 g/mol. The highest BCUT2D eigenvalue weighted by Crippen LogP contribution is 2.31. The van der Waals surface area contributed by atoms with Crippen molar-refractivity contribution < 1.29 is 19.1 Å². The normalized spacial score (nSPS) is 11.9. The lowest BCUT2D eigenvalue weighted by atomic mass is 10.2. The maximum atomic E-state index is 11.9. The first-order valence-electron chi connectivity index (χ1n) is 5.95. The number of ether oxygens (including phenoxy) is 2. The first-order chi connectivity index (χ1) is 9.86. The molecule has 0 spiro atoms. The highest BCUT2D eigenvalue weighted by Gasteiger charge is 2.20. The summed E-state index contributed by atoms with van der Waals surface area (Å²) >= 11 is 17.6. The Bertz CT molecular complexity index is 536. The molecule has 21 heavy (non-hydrogen) atoms. The Morgan fingerprint density at radius 3 is 2.48 bits per heavy atom. The maximum Gasteiger partial charge on any atom is 0.341 e. The highest BCUT2D eigenvalue weighted by molar-refractivity contribution is 6.46. The van der Waals surface area contributed by atoms with Crippen LogP contribution in [0.4, 0.5) is 0 Å². The molecule has 0 fully saturated rings. The summed E-state index contributed by atoms with van der Waals surface area (Å²) in [6, 6.07) is 2.69. The van der Waals surface area contributed by atoms with Gasteiger partial charge in [-0.05, 0) is 19.1 Å². The van der Waals surface area contributed by atoms with Crippen LogP contribution < -0.4 is 5.32 Å². The average Bonchev–Trinajstić information content (AvgIpc) is 2.41. The van der Waals surface area contributed by atoms with Crippen LogP contribution in [0.1, 0.15) is 17.3 Å². The van der Waals surface area contributed by atoms with E-state index in [9.17, 15) is 9.59 Å². The van der Waals surface area contributed by atoms with Gasteiger partial charge in [-0.3, -0.25) is 4.79 Å². The summed E-state index contributed by atoms with van der Waals surface area (Å²) in [5, 5.41) is 2.86. The van der Waals surface area contributed by atoms with E-state index in [0.29, 0.717) is 6.61 Å². The minimum atomic E-state index is -0.818. The first-order valence-corrected chi connectivity index (χ1v) is 7.09. The van der Waals surface area contributed by atoms with Gasteiger partial charge in [0.15, 0.2) is 6.61 Å². The molecule has 0 saturated carbocycles. The molecule has 1 aromatic carbocycles. The molecule has 0 saturated heterocycles. The molecule has 1 aromatic rings. The molecule has 1 rings (SSSR count). The smallest absolute Gasteiger partial charge is 0.341 e. The third-order valence-corrected chi connectivity index (χ3v) is 3.53. The predicted octanol–water partition coefficient (Wildman–Crippen LogP) is 2.95. The van der Waals surface area contributed by atoms with Crippen molar-refractivity contribution in [2.45, 2.75) is 13.0 Å². The summed E-state index contributed by atoms with van der Waals surface area (Å²) < 4.78 is 9.74. The molecule has 0 aromatic heterocycles. The van der Waals surface area contributed by atoms with Crippen LogP contribution >= 0.6 is 34.8 Å². The SMILES string of the molecule is COCC(C)NC(=O)COC(=O)c1c(Cl)ccc(Cl)c1Cl. The van der Waals surface area contributed by atoms with E-state index < -0.39 is 18.5 Å². The fraction of sp³-hybridized carbons (Fsp3) is 0.385. The Morgan fingerprint density at radius 2 is 1.86 bits per heavy atom. The van der Waals surface area contributed by atoms with Gasteiger partial charge in [-0.2, -0.15) is 0 Å². The summed E-state index contributed by atoms with van der Waals surface area (Å²) in [7, 11) is 1.52. The van der Waals surface area contributed by atoms with Crippen LogP contribution in [0.15, 0.2) is 12.1 Å². The molecule has 0 heterocycles. The van der Waals surface area contributed by atoms with E-state index in [1.807, 2.05) is 0 Å². The topological polar surface area (TPSA) is 64.6 Å². The average molecular weight is 355 g/mol. The fourth-order valence-electron chi connectivity index (χ4n) is 1.53. The molecular formula is C13H14Cl3NO4. The van der Waals surface area contributed by atoms with Crippen LogP contribution in [0.2, 0.25) is 15.1 Å². The van der Waals surface area contributed by atoms with E-state index in [0.717, 1.165) is 0 Å². The zero-order valence-corrected chi connectivity index (χ0v) is 13.7. The van der Waals surface area contributed by atoms with Crippen LogP contribution in [-0.4, -0.2) is 38.2 Å². The number of amides is 1. The van der Waals surface area contributed by atoms with Crippen molar-refractivity contribution >= 4 is 46.7 Å². The third-order valence-electron chi connectivity index (χ3n) is 2.41. The third kappa shape index (κ3) is 5.36. The van der Waals surface area contributed by atoms with Crippen molar-refractivity contribution in [2.75, 3.05) is 20.3 Å². The summed E-state index contributed by atoms with van der Waals surface area (Å²) in [6.07, 6.45) is 0. The molecule has 0 aliphatic rings. The number of nitrogens with one attached hydrogen (secondary N) is 1. The second-order valence-electron chi connectivity index (χ2n) is 4.22. The first kappa shape index (κ1) is 18.0. The Balaban J connectivity index is 2.63. The number of carbonyl (C=O) groups excluding carboxylic acids is 2. The molecule has 0 radical (unpaired) electrons. The number of methoxy groups -OCH3 is 1. The van der Waals surface area contributed by atoms with Gasteiger partial charge in [0.1, 0.15) is 0 Å². The number of hydrogen-bond acceptors (Lipinski definition) is 4. The largest absolute Gasteiger partial charge is 0.452 e. The zero-order chi connectivity index (χ0) is 16.0. The van der Waals surface area contributed by atoms with Crippen molar-refractivity contribution in [3.63, 3.8) is 0 Å². The standard InChI is InChI=1S/C13H14Cl3NO4/c1-7(5-20-2)17-10(18)6-21-13(19)11-8(14)3-4-9(15)12(11)16/h3-4,7H,5-6H2,1-2H3,(H,17,18). The van der Waals surface area contributed by atoms with Gasteiger partial charge in [-0.25, -0.2) is 4.79 Å². The molecule has 1 N–H and O–H groups in total. The number of rotatable bonds is 6. The molecule has 0 bridgehead atoms. The van der Waals surface area contributed by atoms with Crippen molar-refractivity contribution in [3.8, 4) is 0 Å². The molecule has 5 nitrogen and oxygen atoms in total. The van der Waals surface area contributed by atoms with E-state index >= 15 is 0 Å². The van der Waals surface area contributed by atoms with Gasteiger partial charge in [0.2, 0.25) is 0 Å². The van der Waals surface area contributed by atoms with Gasteiger partial charge >= 0.3 is 5.97 Å². The van der Waals surface area contributed by atoms with Gasteiger partial charge in [-0.1, -0.05) is 34.8 Å². The Labute approximate surface area is 137 Å². The van der Waals surface area contributed by atoms with E-state index in [4.69, 9.17) is 44.3 Å². The van der Waals surface area contributed by atoms with Crippen LogP contribution in [0.25, 0.3) is 0 Å². The predicted molar refractivity (Wildman–Crippen MR) is 81.2 cm³/mol. The van der Waals surface area contributed by atoms with E-state index in [1.54, 1.807) is 6.92 Å². The van der Waals surface area contributed by atoms with Crippen molar-refractivity contribution in [1.29, 1.82) is 0 Å². The minimum absolute atomic E-state index is 0.0117. The Hall–Kier alpha value is -1.01. The lowest BCUT2D eigenvalue weighted by Crippen LogP contribution is -2.38. The molecule has 0 aliphatic heterocycles. The van der Waals surface area contributed by atoms with Crippen LogP contribution in [0.5, 0.6) is 0 Å². The zero-order valence-electron chi connectivity index (χ0n) is 11.4. The van der Waals surface area contributed by atoms with Crippen LogP contribution in [0.3, 0.4) is 0 Å². The maximum absolute atomic E-state index is 11.9. The summed E-state index contributed by atoms with van der Waals surface area (Å²) in [4.78, 5) is 23.5. The summed E-state index contributed by atoms with van der Waals surface area (Å²) in [6.45, 7) is 1.66. The number of halogens is 3. The lowest BCUT2D eigenvalue weighted by Gasteiger charge is -2.13. The molecule has 116 valence electrons. The fourth-order valence-corrected chi connectivity index (χ4v) is 2.21.